The molecule has 1 heterocycles. The number of nitro groups is 1. The number of halogens is 1. The van der Waals surface area contributed by atoms with E-state index in [1.807, 2.05) is 0 Å². The van der Waals surface area contributed by atoms with Crippen LogP contribution >= 0.6 is 11.6 Å². The minimum Gasteiger partial charge on any atom is -0.258 e. The van der Waals surface area contributed by atoms with Gasteiger partial charge < -0.3 is 0 Å². The lowest BCUT2D eigenvalue weighted by molar-refractivity contribution is -0.385. The molecule has 0 fully saturated rings. The molecule has 4 nitrogen and oxygen atoms in total. The summed E-state index contributed by atoms with van der Waals surface area (Å²) in [4.78, 5) is 13.8. The monoisotopic (exact) mass is 258 g/mol. The highest BCUT2D eigenvalue weighted by atomic mass is 35.5. The lowest BCUT2D eigenvalue weighted by atomic mass is 10.2. The van der Waals surface area contributed by atoms with Gasteiger partial charge >= 0.3 is 0 Å². The summed E-state index contributed by atoms with van der Waals surface area (Å²) < 4.78 is 0. The van der Waals surface area contributed by atoms with Gasteiger partial charge in [-0.05, 0) is 24.3 Å². The molecule has 88 valence electrons. The molecular weight excluding hydrogens is 252 g/mol. The molecule has 0 N–H and O–H groups in total. The van der Waals surface area contributed by atoms with E-state index >= 15 is 0 Å². The Kier molecular flexibility index (Phi) is 3.56. The quantitative estimate of drug-likeness (QED) is 0.449. The Morgan fingerprint density at radius 1 is 1.11 bits per heavy atom. The van der Waals surface area contributed by atoms with Crippen molar-refractivity contribution in [2.45, 2.75) is 0 Å². The molecule has 1 aromatic carbocycles. The number of hydrogen-bond acceptors (Lipinski definition) is 3. The molecule has 18 heavy (non-hydrogen) atoms. The average Bonchev–Trinajstić information content (AvgIpc) is 2.38. The zero-order chi connectivity index (χ0) is 13.0. The van der Waals surface area contributed by atoms with E-state index in [9.17, 15) is 10.1 Å². The van der Waals surface area contributed by atoms with Crippen molar-refractivity contribution in [3.05, 3.63) is 69.0 Å². The maximum atomic E-state index is 10.6. The summed E-state index contributed by atoms with van der Waals surface area (Å²) in [7, 11) is 0. The number of pyridine rings is 1. The average molecular weight is 259 g/mol. The summed E-state index contributed by atoms with van der Waals surface area (Å²) in [5.74, 6) is 5.70. The third-order valence-electron chi connectivity index (χ3n) is 2.13. The number of aromatic nitrogens is 1. The Hall–Kier alpha value is -2.38. The number of benzene rings is 1. The van der Waals surface area contributed by atoms with E-state index in [1.54, 1.807) is 24.3 Å². The molecular formula is C13H7ClN2O2. The van der Waals surface area contributed by atoms with Gasteiger partial charge in [-0.2, -0.15) is 0 Å². The Balaban J connectivity index is 2.27. The van der Waals surface area contributed by atoms with Gasteiger partial charge in [-0.1, -0.05) is 23.4 Å². The van der Waals surface area contributed by atoms with Crippen LogP contribution in [0.1, 0.15) is 11.1 Å². The highest BCUT2D eigenvalue weighted by molar-refractivity contribution is 6.30. The van der Waals surface area contributed by atoms with Crippen LogP contribution in [-0.2, 0) is 0 Å². The minimum absolute atomic E-state index is 0.0714. The standard InChI is InChI=1S/C13H7ClN2O2/c14-12-5-3-10(4-6-12)1-2-11-7-13(16(17)18)9-15-8-11/h3-9H. The van der Waals surface area contributed by atoms with Crippen LogP contribution in [0.15, 0.2) is 42.7 Å². The first-order valence-corrected chi connectivity index (χ1v) is 5.40. The smallest absolute Gasteiger partial charge is 0.258 e. The van der Waals surface area contributed by atoms with E-state index in [-0.39, 0.29) is 5.69 Å². The topological polar surface area (TPSA) is 56.0 Å². The predicted molar refractivity (Wildman–Crippen MR) is 68.3 cm³/mol. The number of rotatable bonds is 1. The van der Waals surface area contributed by atoms with Crippen molar-refractivity contribution in [3.63, 3.8) is 0 Å². The largest absolute Gasteiger partial charge is 0.288 e. The van der Waals surface area contributed by atoms with E-state index in [1.165, 1.54) is 18.5 Å². The normalized spacial score (nSPS) is 9.39. The van der Waals surface area contributed by atoms with Crippen molar-refractivity contribution in [3.8, 4) is 11.8 Å². The van der Waals surface area contributed by atoms with Gasteiger partial charge in [0.15, 0.2) is 0 Å². The van der Waals surface area contributed by atoms with Crippen molar-refractivity contribution >= 4 is 17.3 Å². The summed E-state index contributed by atoms with van der Waals surface area (Å²) in [6.07, 6.45) is 2.67. The van der Waals surface area contributed by atoms with Crippen molar-refractivity contribution in [1.29, 1.82) is 0 Å². The second kappa shape index (κ2) is 5.30. The fourth-order valence-corrected chi connectivity index (χ4v) is 1.40. The van der Waals surface area contributed by atoms with Gasteiger partial charge in [0.25, 0.3) is 5.69 Å². The SMILES string of the molecule is O=[N+]([O-])c1cncc(C#Cc2ccc(Cl)cc2)c1. The zero-order valence-corrected chi connectivity index (χ0v) is 9.89. The van der Waals surface area contributed by atoms with E-state index in [4.69, 9.17) is 11.6 Å². The zero-order valence-electron chi connectivity index (χ0n) is 9.13. The third-order valence-corrected chi connectivity index (χ3v) is 2.38. The van der Waals surface area contributed by atoms with Gasteiger partial charge in [0, 0.05) is 22.8 Å². The van der Waals surface area contributed by atoms with E-state index in [2.05, 4.69) is 16.8 Å². The van der Waals surface area contributed by atoms with Crippen LogP contribution in [0.4, 0.5) is 5.69 Å². The maximum absolute atomic E-state index is 10.6. The fraction of sp³-hybridized carbons (Fsp3) is 0. The lowest BCUT2D eigenvalue weighted by Crippen LogP contribution is -1.89. The number of nitrogens with zero attached hydrogens (tertiary/aromatic N) is 2. The molecule has 2 aromatic rings. The van der Waals surface area contributed by atoms with Crippen molar-refractivity contribution in [2.24, 2.45) is 0 Å². The van der Waals surface area contributed by atoms with Gasteiger partial charge in [0.05, 0.1) is 10.5 Å². The van der Waals surface area contributed by atoms with Crippen LogP contribution < -0.4 is 0 Å². The van der Waals surface area contributed by atoms with Crippen molar-refractivity contribution < 1.29 is 4.92 Å². The molecule has 0 radical (unpaired) electrons. The van der Waals surface area contributed by atoms with Crippen LogP contribution in [0.25, 0.3) is 0 Å². The maximum Gasteiger partial charge on any atom is 0.288 e. The van der Waals surface area contributed by atoms with Crippen LogP contribution in [0.3, 0.4) is 0 Å². The Morgan fingerprint density at radius 3 is 2.44 bits per heavy atom. The lowest BCUT2D eigenvalue weighted by Gasteiger charge is -1.92. The van der Waals surface area contributed by atoms with Crippen LogP contribution in [-0.4, -0.2) is 9.91 Å². The van der Waals surface area contributed by atoms with Crippen LogP contribution in [0, 0.1) is 22.0 Å². The van der Waals surface area contributed by atoms with Gasteiger partial charge in [-0.15, -0.1) is 0 Å². The number of hydrogen-bond donors (Lipinski definition) is 0. The van der Waals surface area contributed by atoms with Gasteiger partial charge in [-0.25, -0.2) is 0 Å². The Bertz CT molecular complexity index is 642. The summed E-state index contributed by atoms with van der Waals surface area (Å²) in [5, 5.41) is 11.2. The first-order valence-electron chi connectivity index (χ1n) is 5.02. The summed E-state index contributed by atoms with van der Waals surface area (Å²) in [6.45, 7) is 0. The Labute approximate surface area is 108 Å². The highest BCUT2D eigenvalue weighted by Crippen LogP contribution is 2.11. The third kappa shape index (κ3) is 3.06. The highest BCUT2D eigenvalue weighted by Gasteiger charge is 2.04. The van der Waals surface area contributed by atoms with Gasteiger partial charge in [0.1, 0.15) is 6.20 Å². The summed E-state index contributed by atoms with van der Waals surface area (Å²) in [6, 6.07) is 8.41. The van der Waals surface area contributed by atoms with Gasteiger partial charge in [-0.3, -0.25) is 15.1 Å². The van der Waals surface area contributed by atoms with Crippen LogP contribution in [0.2, 0.25) is 5.02 Å². The molecule has 0 saturated carbocycles. The molecule has 0 spiro atoms. The van der Waals surface area contributed by atoms with Crippen LogP contribution in [0.5, 0.6) is 0 Å². The van der Waals surface area contributed by atoms with Crippen molar-refractivity contribution in [1.82, 2.24) is 4.98 Å². The minimum atomic E-state index is -0.500. The van der Waals surface area contributed by atoms with E-state index < -0.39 is 4.92 Å². The molecule has 0 atom stereocenters. The second-order valence-electron chi connectivity index (χ2n) is 3.45. The molecule has 2 rings (SSSR count). The molecule has 0 aliphatic heterocycles. The molecule has 0 bridgehead atoms. The predicted octanol–water partition coefficient (Wildman–Crippen LogP) is 3.04. The molecule has 0 aliphatic carbocycles. The molecule has 5 heteroatoms. The first-order chi connectivity index (χ1) is 8.65. The second-order valence-corrected chi connectivity index (χ2v) is 3.88. The molecule has 1 aromatic heterocycles. The summed E-state index contributed by atoms with van der Waals surface area (Å²) in [5.41, 5.74) is 1.21. The molecule has 0 unspecified atom stereocenters. The molecule has 0 aliphatic rings. The van der Waals surface area contributed by atoms with E-state index in [0.717, 1.165) is 5.56 Å². The molecule has 0 saturated heterocycles. The first kappa shape index (κ1) is 12.1. The fourth-order valence-electron chi connectivity index (χ4n) is 1.27. The Morgan fingerprint density at radius 2 is 1.78 bits per heavy atom. The molecule has 0 amide bonds. The van der Waals surface area contributed by atoms with Gasteiger partial charge in [0.2, 0.25) is 0 Å². The summed E-state index contributed by atoms with van der Waals surface area (Å²) >= 11 is 5.75. The van der Waals surface area contributed by atoms with E-state index in [0.29, 0.717) is 10.6 Å². The van der Waals surface area contributed by atoms with Crippen molar-refractivity contribution in [2.75, 3.05) is 0 Å².